The van der Waals surface area contributed by atoms with Crippen LogP contribution in [0.1, 0.15) is 39.0 Å². The van der Waals surface area contributed by atoms with Crippen molar-refractivity contribution in [1.82, 2.24) is 20.4 Å². The predicted molar refractivity (Wildman–Crippen MR) is 78.4 cm³/mol. The summed E-state index contributed by atoms with van der Waals surface area (Å²) in [7, 11) is 1.89. The molecule has 3 aliphatic heterocycles. The summed E-state index contributed by atoms with van der Waals surface area (Å²) in [6.07, 6.45) is 6.58. The maximum absolute atomic E-state index is 12.6. The van der Waals surface area contributed by atoms with Crippen molar-refractivity contribution in [3.05, 3.63) is 0 Å². The molecular weight excluding hydrogens is 266 g/mol. The number of hydrogen-bond donors (Lipinski definition) is 2. The zero-order valence-corrected chi connectivity index (χ0v) is 12.7. The van der Waals surface area contributed by atoms with E-state index in [1.54, 1.807) is 4.90 Å². The molecule has 5 aliphatic rings. The number of amides is 1. The van der Waals surface area contributed by atoms with Gasteiger partial charge in [-0.25, -0.2) is 4.99 Å². The molecule has 0 bridgehead atoms. The fraction of sp³-hybridized carbons (Fsp3) is 0.867. The number of nitrogens with one attached hydrogen (secondary N) is 2. The molecule has 0 aromatic heterocycles. The van der Waals surface area contributed by atoms with E-state index in [4.69, 9.17) is 4.99 Å². The molecule has 0 radical (unpaired) electrons. The molecule has 6 unspecified atom stereocenters. The van der Waals surface area contributed by atoms with Gasteiger partial charge in [-0.05, 0) is 38.5 Å². The standard InChI is InChI=1S/C15H23N5O/c1-8-16-11-12(17-8)20-10-6-5-9-4-3-7-15(9,10)18-14(20)19(2)13(11)21/h8-12,16-17H,3-7H2,1-2H3. The third-order valence-corrected chi connectivity index (χ3v) is 6.44. The Bertz CT molecular complexity index is 548. The van der Waals surface area contributed by atoms with Crippen LogP contribution in [-0.4, -0.2) is 58.7 Å². The zero-order valence-electron chi connectivity index (χ0n) is 12.7. The van der Waals surface area contributed by atoms with Gasteiger partial charge in [-0.2, -0.15) is 0 Å². The van der Waals surface area contributed by atoms with Gasteiger partial charge >= 0.3 is 0 Å². The molecule has 0 aromatic carbocycles. The molecule has 2 saturated carbocycles. The summed E-state index contributed by atoms with van der Waals surface area (Å²) in [6.45, 7) is 2.08. The van der Waals surface area contributed by atoms with Gasteiger partial charge in [0.05, 0.1) is 17.7 Å². The number of fused-ring (bicyclic) bond motifs is 4. The Morgan fingerprint density at radius 3 is 3.00 bits per heavy atom. The number of guanidine groups is 1. The minimum atomic E-state index is -0.139. The van der Waals surface area contributed by atoms with Crippen molar-refractivity contribution in [3.8, 4) is 0 Å². The third kappa shape index (κ3) is 1.31. The lowest BCUT2D eigenvalue weighted by Crippen LogP contribution is -2.67. The van der Waals surface area contributed by atoms with Crippen LogP contribution >= 0.6 is 0 Å². The van der Waals surface area contributed by atoms with Crippen LogP contribution < -0.4 is 10.6 Å². The second-order valence-corrected chi connectivity index (χ2v) is 7.37. The van der Waals surface area contributed by atoms with E-state index >= 15 is 0 Å². The quantitative estimate of drug-likeness (QED) is 0.662. The third-order valence-electron chi connectivity index (χ3n) is 6.44. The normalized spacial score (nSPS) is 50.9. The van der Waals surface area contributed by atoms with Crippen molar-refractivity contribution in [2.75, 3.05) is 7.05 Å². The molecule has 1 spiro atoms. The van der Waals surface area contributed by atoms with E-state index in [0.29, 0.717) is 6.04 Å². The number of likely N-dealkylation sites (N-methyl/N-ethyl adjacent to an activating group) is 1. The number of rotatable bonds is 0. The van der Waals surface area contributed by atoms with E-state index in [9.17, 15) is 4.79 Å². The SMILES string of the molecule is CC1NC2C(=O)N(C)C3=NC45CCCC4CCC5N3C2N1. The lowest BCUT2D eigenvalue weighted by atomic mass is 9.88. The van der Waals surface area contributed by atoms with Gasteiger partial charge in [0, 0.05) is 7.05 Å². The summed E-state index contributed by atoms with van der Waals surface area (Å²) < 4.78 is 0. The van der Waals surface area contributed by atoms with Crippen molar-refractivity contribution >= 4 is 11.9 Å². The minimum absolute atomic E-state index is 0.0752. The highest BCUT2D eigenvalue weighted by Gasteiger charge is 2.64. The van der Waals surface area contributed by atoms with Gasteiger partial charge in [-0.1, -0.05) is 6.42 Å². The largest absolute Gasteiger partial charge is 0.319 e. The number of carbonyl (C=O) groups is 1. The summed E-state index contributed by atoms with van der Waals surface area (Å²) in [6, 6.07) is 0.349. The first-order chi connectivity index (χ1) is 10.1. The molecule has 21 heavy (non-hydrogen) atoms. The average Bonchev–Trinajstić information content (AvgIpc) is 3.14. The Morgan fingerprint density at radius 1 is 1.29 bits per heavy atom. The first kappa shape index (κ1) is 12.4. The Labute approximate surface area is 124 Å². The minimum Gasteiger partial charge on any atom is -0.319 e. The highest BCUT2D eigenvalue weighted by molar-refractivity contribution is 6.03. The van der Waals surface area contributed by atoms with Gasteiger partial charge in [0.1, 0.15) is 12.2 Å². The number of nitrogens with zero attached hydrogens (tertiary/aromatic N) is 3. The summed E-state index contributed by atoms with van der Waals surface area (Å²) in [5.74, 6) is 1.80. The summed E-state index contributed by atoms with van der Waals surface area (Å²) in [4.78, 5) is 22.0. The van der Waals surface area contributed by atoms with E-state index in [-0.39, 0.29) is 29.8 Å². The van der Waals surface area contributed by atoms with Crippen LogP contribution in [0.4, 0.5) is 0 Å². The molecule has 6 nitrogen and oxygen atoms in total. The van der Waals surface area contributed by atoms with E-state index in [1.807, 2.05) is 7.05 Å². The predicted octanol–water partition coefficient (Wildman–Crippen LogP) is 0.0648. The second kappa shape index (κ2) is 3.79. The molecule has 2 N–H and O–H groups in total. The molecular formula is C15H23N5O. The van der Waals surface area contributed by atoms with E-state index in [0.717, 1.165) is 11.9 Å². The second-order valence-electron chi connectivity index (χ2n) is 7.37. The van der Waals surface area contributed by atoms with Crippen LogP contribution in [0, 0.1) is 5.92 Å². The van der Waals surface area contributed by atoms with Crippen LogP contribution in [0.5, 0.6) is 0 Å². The van der Waals surface area contributed by atoms with E-state index in [1.165, 1.54) is 32.1 Å². The Kier molecular flexibility index (Phi) is 2.24. The maximum atomic E-state index is 12.6. The number of carbonyl (C=O) groups excluding carboxylic acids is 1. The topological polar surface area (TPSA) is 60.0 Å². The summed E-state index contributed by atoms with van der Waals surface area (Å²) in [5, 5.41) is 6.94. The van der Waals surface area contributed by atoms with Crippen molar-refractivity contribution in [2.45, 2.75) is 69.0 Å². The molecule has 2 aliphatic carbocycles. The molecule has 6 heteroatoms. The lowest BCUT2D eigenvalue weighted by molar-refractivity contribution is -0.132. The Morgan fingerprint density at radius 2 is 2.14 bits per heavy atom. The van der Waals surface area contributed by atoms with Gasteiger partial charge in [-0.15, -0.1) is 0 Å². The molecule has 3 heterocycles. The van der Waals surface area contributed by atoms with Crippen LogP contribution in [0.2, 0.25) is 0 Å². The first-order valence-corrected chi connectivity index (χ1v) is 8.30. The van der Waals surface area contributed by atoms with Gasteiger partial charge < -0.3 is 4.90 Å². The average molecular weight is 289 g/mol. The maximum Gasteiger partial charge on any atom is 0.249 e. The smallest absolute Gasteiger partial charge is 0.249 e. The fourth-order valence-electron chi connectivity index (χ4n) is 5.59. The van der Waals surface area contributed by atoms with Gasteiger partial charge in [-0.3, -0.25) is 20.3 Å². The van der Waals surface area contributed by atoms with Crippen LogP contribution in [0.15, 0.2) is 4.99 Å². The summed E-state index contributed by atoms with van der Waals surface area (Å²) >= 11 is 0. The molecule has 2 saturated heterocycles. The Balaban J connectivity index is 1.62. The van der Waals surface area contributed by atoms with Crippen LogP contribution in [-0.2, 0) is 4.79 Å². The lowest BCUT2D eigenvalue weighted by Gasteiger charge is -2.43. The molecule has 6 atom stereocenters. The van der Waals surface area contributed by atoms with Gasteiger partial charge in [0.15, 0.2) is 0 Å². The van der Waals surface area contributed by atoms with Crippen molar-refractivity contribution in [2.24, 2.45) is 10.9 Å². The highest BCUT2D eigenvalue weighted by atomic mass is 16.2. The van der Waals surface area contributed by atoms with E-state index in [2.05, 4.69) is 22.5 Å². The zero-order chi connectivity index (χ0) is 14.4. The summed E-state index contributed by atoms with van der Waals surface area (Å²) in [5.41, 5.74) is 0.103. The highest BCUT2D eigenvalue weighted by Crippen LogP contribution is 2.55. The van der Waals surface area contributed by atoms with Crippen molar-refractivity contribution in [1.29, 1.82) is 0 Å². The molecule has 1 amide bonds. The Hall–Kier alpha value is -1.14. The van der Waals surface area contributed by atoms with Gasteiger partial charge in [0.2, 0.25) is 11.9 Å². The number of hydrogen-bond acceptors (Lipinski definition) is 5. The molecule has 4 fully saturated rings. The monoisotopic (exact) mass is 289 g/mol. The van der Waals surface area contributed by atoms with E-state index < -0.39 is 0 Å². The van der Waals surface area contributed by atoms with Gasteiger partial charge in [0.25, 0.3) is 0 Å². The fourth-order valence-corrected chi connectivity index (χ4v) is 5.59. The van der Waals surface area contributed by atoms with Crippen LogP contribution in [0.3, 0.4) is 0 Å². The molecule has 114 valence electrons. The van der Waals surface area contributed by atoms with Crippen LogP contribution in [0.25, 0.3) is 0 Å². The first-order valence-electron chi connectivity index (χ1n) is 8.30. The molecule has 0 aromatic rings. The molecule has 5 rings (SSSR count). The number of aliphatic imine (C=N–C) groups is 1. The van der Waals surface area contributed by atoms with Crippen molar-refractivity contribution < 1.29 is 4.79 Å². The van der Waals surface area contributed by atoms with Crippen molar-refractivity contribution in [3.63, 3.8) is 0 Å².